The summed E-state index contributed by atoms with van der Waals surface area (Å²) in [7, 11) is 0. The number of aromatic nitrogens is 4. The Morgan fingerprint density at radius 2 is 2.08 bits per heavy atom. The van der Waals surface area contributed by atoms with Crippen LogP contribution in [-0.4, -0.2) is 43.8 Å². The van der Waals surface area contributed by atoms with Gasteiger partial charge in [0.15, 0.2) is 5.82 Å². The number of urea groups is 1. The molecular weight excluding hydrogens is 328 g/mol. The van der Waals surface area contributed by atoms with E-state index in [2.05, 4.69) is 44.6 Å². The Hall–Kier alpha value is -3.22. The maximum atomic E-state index is 12.7. The van der Waals surface area contributed by atoms with Crippen molar-refractivity contribution in [2.75, 3.05) is 18.4 Å². The Morgan fingerprint density at radius 1 is 1.19 bits per heavy atom. The molecule has 1 saturated heterocycles. The van der Waals surface area contributed by atoms with Crippen LogP contribution >= 0.6 is 0 Å². The molecule has 1 aliphatic heterocycles. The van der Waals surface area contributed by atoms with E-state index >= 15 is 0 Å². The first kappa shape index (κ1) is 16.3. The third-order valence-electron chi connectivity index (χ3n) is 4.60. The lowest BCUT2D eigenvalue weighted by molar-refractivity contribution is 0.221. The van der Waals surface area contributed by atoms with Gasteiger partial charge in [0.25, 0.3) is 0 Å². The van der Waals surface area contributed by atoms with Crippen LogP contribution in [0, 0.1) is 5.92 Å². The number of anilines is 1. The van der Waals surface area contributed by atoms with Crippen molar-refractivity contribution in [3.63, 3.8) is 0 Å². The molecule has 0 spiro atoms. The lowest BCUT2D eigenvalue weighted by atomic mass is 9.99. The van der Waals surface area contributed by atoms with Gasteiger partial charge in [-0.1, -0.05) is 30.3 Å². The minimum atomic E-state index is -0.102. The molecule has 0 radical (unpaired) electrons. The summed E-state index contributed by atoms with van der Waals surface area (Å²) >= 11 is 0. The van der Waals surface area contributed by atoms with E-state index in [0.717, 1.165) is 25.9 Å². The minimum absolute atomic E-state index is 0.102. The largest absolute Gasteiger partial charge is 0.324 e. The van der Waals surface area contributed by atoms with Crippen molar-refractivity contribution in [2.45, 2.75) is 12.8 Å². The van der Waals surface area contributed by atoms with Crippen LogP contribution < -0.4 is 5.32 Å². The van der Waals surface area contributed by atoms with Crippen molar-refractivity contribution in [1.82, 2.24) is 24.6 Å². The fourth-order valence-electron chi connectivity index (χ4n) is 3.32. The maximum absolute atomic E-state index is 12.7. The minimum Gasteiger partial charge on any atom is -0.324 e. The highest BCUT2D eigenvalue weighted by Gasteiger charge is 2.27. The topological polar surface area (TPSA) is 75.9 Å². The van der Waals surface area contributed by atoms with Gasteiger partial charge in [-0.25, -0.2) is 19.4 Å². The second-order valence-corrected chi connectivity index (χ2v) is 6.44. The molecule has 3 heterocycles. The summed E-state index contributed by atoms with van der Waals surface area (Å²) in [5.41, 5.74) is 1.94. The molecule has 1 aromatic carbocycles. The van der Waals surface area contributed by atoms with Crippen molar-refractivity contribution >= 4 is 11.7 Å². The molecule has 7 heteroatoms. The Bertz CT molecular complexity index is 865. The number of pyridine rings is 1. The fraction of sp³-hybridized carbons (Fsp3) is 0.263. The Labute approximate surface area is 151 Å². The number of carbonyl (C=O) groups excluding carboxylic acids is 1. The van der Waals surface area contributed by atoms with E-state index in [9.17, 15) is 4.79 Å². The summed E-state index contributed by atoms with van der Waals surface area (Å²) in [6, 6.07) is 13.9. The third kappa shape index (κ3) is 3.56. The van der Waals surface area contributed by atoms with Gasteiger partial charge in [-0.3, -0.25) is 0 Å². The molecule has 2 amide bonds. The zero-order chi connectivity index (χ0) is 17.8. The van der Waals surface area contributed by atoms with E-state index < -0.39 is 0 Å². The van der Waals surface area contributed by atoms with Crippen LogP contribution in [-0.2, 0) is 6.42 Å². The predicted octanol–water partition coefficient (Wildman–Crippen LogP) is 2.76. The van der Waals surface area contributed by atoms with Crippen LogP contribution in [0.2, 0.25) is 0 Å². The molecule has 0 saturated carbocycles. The van der Waals surface area contributed by atoms with Gasteiger partial charge in [0.2, 0.25) is 0 Å². The van der Waals surface area contributed by atoms with E-state index in [4.69, 9.17) is 0 Å². The van der Waals surface area contributed by atoms with Crippen molar-refractivity contribution in [3.8, 4) is 5.82 Å². The maximum Gasteiger partial charge on any atom is 0.321 e. The highest BCUT2D eigenvalue weighted by molar-refractivity contribution is 5.91. The quantitative estimate of drug-likeness (QED) is 0.787. The SMILES string of the molecule is O=C(Nc1cccnc1-n1cncn1)N1CCC(Cc2ccccc2)C1. The number of hydrogen-bond donors (Lipinski definition) is 1. The van der Waals surface area contributed by atoms with Gasteiger partial charge < -0.3 is 10.2 Å². The Kier molecular flexibility index (Phi) is 4.59. The standard InChI is InChI=1S/C19H20N6O/c26-19(23-17-7-4-9-21-18(17)25-14-20-13-22-25)24-10-8-16(12-24)11-15-5-2-1-3-6-15/h1-7,9,13-14,16H,8,10-12H2,(H,23,26). The zero-order valence-corrected chi connectivity index (χ0v) is 14.3. The highest BCUT2D eigenvalue weighted by Crippen LogP contribution is 2.23. The van der Waals surface area contributed by atoms with Crippen LogP contribution in [0.3, 0.4) is 0 Å². The van der Waals surface area contributed by atoms with Gasteiger partial charge >= 0.3 is 6.03 Å². The van der Waals surface area contributed by atoms with Gasteiger partial charge in [0.05, 0.1) is 5.69 Å². The number of benzene rings is 1. The summed E-state index contributed by atoms with van der Waals surface area (Å²) in [4.78, 5) is 22.8. The van der Waals surface area contributed by atoms with Crippen LogP contribution in [0.1, 0.15) is 12.0 Å². The van der Waals surface area contributed by atoms with E-state index in [1.165, 1.54) is 16.6 Å². The predicted molar refractivity (Wildman–Crippen MR) is 98.0 cm³/mol. The van der Waals surface area contributed by atoms with E-state index in [0.29, 0.717) is 17.4 Å². The van der Waals surface area contributed by atoms with Crippen molar-refractivity contribution in [1.29, 1.82) is 0 Å². The number of amides is 2. The Balaban J connectivity index is 1.40. The molecule has 2 aromatic heterocycles. The van der Waals surface area contributed by atoms with Crippen molar-refractivity contribution in [3.05, 3.63) is 66.9 Å². The first-order valence-electron chi connectivity index (χ1n) is 8.69. The third-order valence-corrected chi connectivity index (χ3v) is 4.60. The van der Waals surface area contributed by atoms with Crippen molar-refractivity contribution < 1.29 is 4.79 Å². The second kappa shape index (κ2) is 7.35. The van der Waals surface area contributed by atoms with Crippen LogP contribution in [0.4, 0.5) is 10.5 Å². The molecule has 1 unspecified atom stereocenters. The highest BCUT2D eigenvalue weighted by atomic mass is 16.2. The summed E-state index contributed by atoms with van der Waals surface area (Å²) in [5.74, 6) is 1.05. The van der Waals surface area contributed by atoms with Crippen LogP contribution in [0.15, 0.2) is 61.3 Å². The lowest BCUT2D eigenvalue weighted by Crippen LogP contribution is -2.33. The van der Waals surface area contributed by atoms with Gasteiger partial charge in [0, 0.05) is 19.3 Å². The number of likely N-dealkylation sites (tertiary alicyclic amines) is 1. The lowest BCUT2D eigenvalue weighted by Gasteiger charge is -2.18. The van der Waals surface area contributed by atoms with Crippen LogP contribution in [0.25, 0.3) is 5.82 Å². The summed E-state index contributed by atoms with van der Waals surface area (Å²) < 4.78 is 1.54. The summed E-state index contributed by atoms with van der Waals surface area (Å²) in [6.45, 7) is 1.53. The van der Waals surface area contributed by atoms with E-state index in [1.54, 1.807) is 18.6 Å². The summed E-state index contributed by atoms with van der Waals surface area (Å²) in [6.07, 6.45) is 6.68. The molecule has 0 bridgehead atoms. The van der Waals surface area contributed by atoms with Crippen molar-refractivity contribution in [2.24, 2.45) is 5.92 Å². The number of rotatable bonds is 4. The average Bonchev–Trinajstić information content (AvgIpc) is 3.35. The fourth-order valence-corrected chi connectivity index (χ4v) is 3.32. The monoisotopic (exact) mass is 348 g/mol. The molecule has 1 N–H and O–H groups in total. The average molecular weight is 348 g/mol. The number of hydrogen-bond acceptors (Lipinski definition) is 4. The van der Waals surface area contributed by atoms with Gasteiger partial charge in [0.1, 0.15) is 12.7 Å². The molecule has 1 atom stereocenters. The molecule has 1 aliphatic rings. The van der Waals surface area contributed by atoms with Gasteiger partial charge in [-0.15, -0.1) is 0 Å². The number of carbonyl (C=O) groups is 1. The molecule has 7 nitrogen and oxygen atoms in total. The molecule has 4 rings (SSSR count). The second-order valence-electron chi connectivity index (χ2n) is 6.44. The smallest absolute Gasteiger partial charge is 0.321 e. The summed E-state index contributed by atoms with van der Waals surface area (Å²) in [5, 5.41) is 7.05. The molecule has 0 aliphatic carbocycles. The molecular formula is C19H20N6O. The molecule has 3 aromatic rings. The number of nitrogens with one attached hydrogen (secondary N) is 1. The first-order valence-corrected chi connectivity index (χ1v) is 8.69. The van der Waals surface area contributed by atoms with Gasteiger partial charge in [-0.2, -0.15) is 5.10 Å². The Morgan fingerprint density at radius 3 is 2.88 bits per heavy atom. The number of nitrogens with zero attached hydrogens (tertiary/aromatic N) is 5. The van der Waals surface area contributed by atoms with E-state index in [-0.39, 0.29) is 6.03 Å². The molecule has 1 fully saturated rings. The normalized spacial score (nSPS) is 16.6. The molecule has 132 valence electrons. The van der Waals surface area contributed by atoms with Gasteiger partial charge in [-0.05, 0) is 36.5 Å². The zero-order valence-electron chi connectivity index (χ0n) is 14.3. The molecule has 26 heavy (non-hydrogen) atoms. The first-order chi connectivity index (χ1) is 12.8. The van der Waals surface area contributed by atoms with E-state index in [1.807, 2.05) is 17.0 Å². The van der Waals surface area contributed by atoms with Crippen LogP contribution in [0.5, 0.6) is 0 Å².